The van der Waals surface area contributed by atoms with Crippen molar-refractivity contribution in [1.82, 2.24) is 9.97 Å². The SMILES string of the molecule is NC(c1cnccn1)c1cc(Br)ccc1F. The second-order valence-electron chi connectivity index (χ2n) is 3.27. The van der Waals surface area contributed by atoms with Crippen LogP contribution in [0.2, 0.25) is 0 Å². The Kier molecular flexibility index (Phi) is 3.26. The largest absolute Gasteiger partial charge is 0.319 e. The lowest BCUT2D eigenvalue weighted by molar-refractivity contribution is 0.596. The van der Waals surface area contributed by atoms with Gasteiger partial charge in [0, 0.05) is 22.4 Å². The molecule has 2 rings (SSSR count). The standard InChI is InChI=1S/C11H9BrFN3/c12-7-1-2-9(13)8(5-7)11(14)10-6-15-3-4-16-10/h1-6,11H,14H2. The number of halogens is 2. The fraction of sp³-hybridized carbons (Fsp3) is 0.0909. The third kappa shape index (κ3) is 2.25. The number of rotatable bonds is 2. The second-order valence-corrected chi connectivity index (χ2v) is 4.19. The van der Waals surface area contributed by atoms with Crippen LogP contribution in [0.5, 0.6) is 0 Å². The molecule has 3 nitrogen and oxygen atoms in total. The molecule has 82 valence electrons. The highest BCUT2D eigenvalue weighted by Crippen LogP contribution is 2.23. The van der Waals surface area contributed by atoms with Crippen molar-refractivity contribution >= 4 is 15.9 Å². The summed E-state index contributed by atoms with van der Waals surface area (Å²) >= 11 is 3.28. The van der Waals surface area contributed by atoms with Crippen molar-refractivity contribution in [3.63, 3.8) is 0 Å². The summed E-state index contributed by atoms with van der Waals surface area (Å²) in [4.78, 5) is 7.96. The van der Waals surface area contributed by atoms with Crippen molar-refractivity contribution in [3.8, 4) is 0 Å². The van der Waals surface area contributed by atoms with Crippen LogP contribution >= 0.6 is 15.9 Å². The quantitative estimate of drug-likeness (QED) is 0.920. The minimum atomic E-state index is -0.605. The third-order valence-corrected chi connectivity index (χ3v) is 2.69. The van der Waals surface area contributed by atoms with Gasteiger partial charge in [-0.15, -0.1) is 0 Å². The van der Waals surface area contributed by atoms with Crippen molar-refractivity contribution in [2.24, 2.45) is 5.73 Å². The molecule has 1 unspecified atom stereocenters. The maximum atomic E-state index is 13.6. The molecule has 0 saturated heterocycles. The first-order valence-electron chi connectivity index (χ1n) is 4.65. The molecule has 0 radical (unpaired) electrons. The Morgan fingerprint density at radius 3 is 2.81 bits per heavy atom. The fourth-order valence-corrected chi connectivity index (χ4v) is 1.76. The van der Waals surface area contributed by atoms with Gasteiger partial charge in [-0.25, -0.2) is 4.39 Å². The molecule has 0 aliphatic carbocycles. The van der Waals surface area contributed by atoms with Gasteiger partial charge in [0.1, 0.15) is 5.82 Å². The molecule has 2 aromatic rings. The Hall–Kier alpha value is -1.33. The van der Waals surface area contributed by atoms with Gasteiger partial charge < -0.3 is 5.73 Å². The molecule has 1 aromatic carbocycles. The Labute approximate surface area is 101 Å². The lowest BCUT2D eigenvalue weighted by atomic mass is 10.0. The molecule has 5 heteroatoms. The number of hydrogen-bond acceptors (Lipinski definition) is 3. The van der Waals surface area contributed by atoms with Crippen LogP contribution in [-0.4, -0.2) is 9.97 Å². The minimum absolute atomic E-state index is 0.346. The van der Waals surface area contributed by atoms with Gasteiger partial charge in [0.15, 0.2) is 0 Å². The molecule has 0 bridgehead atoms. The Bertz CT molecular complexity index is 490. The first-order chi connectivity index (χ1) is 7.68. The first kappa shape index (κ1) is 11.2. The van der Waals surface area contributed by atoms with Crippen LogP contribution in [0.1, 0.15) is 17.3 Å². The van der Waals surface area contributed by atoms with Crippen LogP contribution in [0.15, 0.2) is 41.3 Å². The van der Waals surface area contributed by atoms with Gasteiger partial charge in [-0.05, 0) is 18.2 Å². The summed E-state index contributed by atoms with van der Waals surface area (Å²) in [5.74, 6) is -0.346. The van der Waals surface area contributed by atoms with Gasteiger partial charge in [-0.1, -0.05) is 15.9 Å². The number of aromatic nitrogens is 2. The van der Waals surface area contributed by atoms with Gasteiger partial charge in [0.05, 0.1) is 17.9 Å². The Morgan fingerprint density at radius 2 is 2.12 bits per heavy atom. The van der Waals surface area contributed by atoms with Gasteiger partial charge in [0.25, 0.3) is 0 Å². The smallest absolute Gasteiger partial charge is 0.128 e. The van der Waals surface area contributed by atoms with Crippen LogP contribution in [0.25, 0.3) is 0 Å². The van der Waals surface area contributed by atoms with E-state index in [1.54, 1.807) is 18.3 Å². The van der Waals surface area contributed by atoms with E-state index in [9.17, 15) is 4.39 Å². The first-order valence-corrected chi connectivity index (χ1v) is 5.44. The lowest BCUT2D eigenvalue weighted by Gasteiger charge is -2.12. The highest BCUT2D eigenvalue weighted by Gasteiger charge is 2.15. The summed E-state index contributed by atoms with van der Waals surface area (Å²) in [7, 11) is 0. The number of nitrogens with zero attached hydrogens (tertiary/aromatic N) is 2. The van der Waals surface area contributed by atoms with Crippen molar-refractivity contribution in [1.29, 1.82) is 0 Å². The zero-order valence-electron chi connectivity index (χ0n) is 8.27. The second kappa shape index (κ2) is 4.67. The summed E-state index contributed by atoms with van der Waals surface area (Å²) in [6, 6.07) is 4.04. The summed E-state index contributed by atoms with van der Waals surface area (Å²) in [6.45, 7) is 0. The Balaban J connectivity index is 2.41. The fourth-order valence-electron chi connectivity index (χ4n) is 1.38. The van der Waals surface area contributed by atoms with Crippen LogP contribution in [0, 0.1) is 5.82 Å². The molecular weight excluding hydrogens is 273 g/mol. The lowest BCUT2D eigenvalue weighted by Crippen LogP contribution is -2.15. The molecule has 0 aliphatic heterocycles. The van der Waals surface area contributed by atoms with E-state index in [0.717, 1.165) is 4.47 Å². The minimum Gasteiger partial charge on any atom is -0.319 e. The molecule has 2 N–H and O–H groups in total. The van der Waals surface area contributed by atoms with Gasteiger partial charge in [0.2, 0.25) is 0 Å². The normalized spacial score (nSPS) is 12.4. The van der Waals surface area contributed by atoms with Crippen molar-refractivity contribution in [2.75, 3.05) is 0 Å². The number of nitrogens with two attached hydrogens (primary N) is 1. The predicted octanol–water partition coefficient (Wildman–Crippen LogP) is 2.43. The maximum absolute atomic E-state index is 13.6. The van der Waals surface area contributed by atoms with Crippen molar-refractivity contribution in [3.05, 3.63) is 58.3 Å². The van der Waals surface area contributed by atoms with Crippen LogP contribution in [0.4, 0.5) is 4.39 Å². The van der Waals surface area contributed by atoms with Gasteiger partial charge in [-0.2, -0.15) is 0 Å². The third-order valence-electron chi connectivity index (χ3n) is 2.19. The topological polar surface area (TPSA) is 51.8 Å². The van der Waals surface area contributed by atoms with E-state index in [-0.39, 0.29) is 5.82 Å². The Morgan fingerprint density at radius 1 is 1.31 bits per heavy atom. The number of benzene rings is 1. The molecule has 16 heavy (non-hydrogen) atoms. The average Bonchev–Trinajstić information content (AvgIpc) is 2.32. The van der Waals surface area contributed by atoms with Crippen molar-refractivity contribution in [2.45, 2.75) is 6.04 Å². The van der Waals surface area contributed by atoms with E-state index in [2.05, 4.69) is 25.9 Å². The molecule has 1 heterocycles. The molecule has 1 atom stereocenters. The van der Waals surface area contributed by atoms with Crippen molar-refractivity contribution < 1.29 is 4.39 Å². The highest BCUT2D eigenvalue weighted by molar-refractivity contribution is 9.10. The van der Waals surface area contributed by atoms with E-state index >= 15 is 0 Å². The van der Waals surface area contributed by atoms with Crippen LogP contribution < -0.4 is 5.73 Å². The van der Waals surface area contributed by atoms with E-state index in [0.29, 0.717) is 11.3 Å². The molecule has 0 saturated carbocycles. The summed E-state index contributed by atoms with van der Waals surface area (Å²) in [5.41, 5.74) is 6.86. The van der Waals surface area contributed by atoms with E-state index < -0.39 is 6.04 Å². The average molecular weight is 282 g/mol. The highest BCUT2D eigenvalue weighted by atomic mass is 79.9. The molecule has 0 fully saturated rings. The van der Waals surface area contributed by atoms with Gasteiger partial charge in [-0.3, -0.25) is 9.97 Å². The molecule has 0 amide bonds. The molecular formula is C11H9BrFN3. The monoisotopic (exact) mass is 281 g/mol. The van der Waals surface area contributed by atoms with Crippen LogP contribution in [-0.2, 0) is 0 Å². The van der Waals surface area contributed by atoms with E-state index in [1.165, 1.54) is 18.5 Å². The summed E-state index contributed by atoms with van der Waals surface area (Å²) in [6.07, 6.45) is 4.61. The van der Waals surface area contributed by atoms with Gasteiger partial charge >= 0.3 is 0 Å². The summed E-state index contributed by atoms with van der Waals surface area (Å²) < 4.78 is 14.3. The zero-order valence-corrected chi connectivity index (χ0v) is 9.86. The van der Waals surface area contributed by atoms with E-state index in [1.807, 2.05) is 0 Å². The zero-order chi connectivity index (χ0) is 11.5. The van der Waals surface area contributed by atoms with Crippen LogP contribution in [0.3, 0.4) is 0 Å². The maximum Gasteiger partial charge on any atom is 0.128 e. The molecule has 1 aromatic heterocycles. The van der Waals surface area contributed by atoms with E-state index in [4.69, 9.17) is 5.73 Å². The number of hydrogen-bond donors (Lipinski definition) is 1. The predicted molar refractivity (Wildman–Crippen MR) is 62.2 cm³/mol. The molecule has 0 spiro atoms. The summed E-state index contributed by atoms with van der Waals surface area (Å²) in [5, 5.41) is 0. The molecule has 0 aliphatic rings.